The van der Waals surface area contributed by atoms with Gasteiger partial charge in [0.25, 0.3) is 0 Å². The van der Waals surface area contributed by atoms with Gasteiger partial charge in [-0.2, -0.15) is 0 Å². The molecule has 1 saturated heterocycles. The summed E-state index contributed by atoms with van der Waals surface area (Å²) in [6, 6.07) is 5.28. The van der Waals surface area contributed by atoms with Gasteiger partial charge in [-0.1, -0.05) is 29.3 Å². The zero-order chi connectivity index (χ0) is 14.8. The summed E-state index contributed by atoms with van der Waals surface area (Å²) in [7, 11) is -3.08. The van der Waals surface area contributed by atoms with E-state index in [0.29, 0.717) is 29.7 Å². The van der Waals surface area contributed by atoms with Crippen LogP contribution in [-0.4, -0.2) is 40.1 Å². The lowest BCUT2D eigenvalue weighted by Gasteiger charge is -2.24. The van der Waals surface area contributed by atoms with Crippen LogP contribution in [-0.2, 0) is 14.6 Å². The molecule has 2 unspecified atom stereocenters. The maximum absolute atomic E-state index is 11.6. The Morgan fingerprint density at radius 3 is 2.67 bits per heavy atom. The molecule has 1 aromatic carbocycles. The van der Waals surface area contributed by atoms with Gasteiger partial charge < -0.3 is 10.1 Å². The summed E-state index contributed by atoms with van der Waals surface area (Å²) < 4.78 is 29.0. The van der Waals surface area contributed by atoms with Crippen LogP contribution in [0, 0.1) is 5.92 Å². The van der Waals surface area contributed by atoms with Gasteiger partial charge in [-0.05, 0) is 17.7 Å². The second kappa shape index (κ2) is 7.99. The molecule has 120 valence electrons. The van der Waals surface area contributed by atoms with Crippen LogP contribution in [0.4, 0.5) is 0 Å². The van der Waals surface area contributed by atoms with Crippen LogP contribution in [0.5, 0.6) is 0 Å². The normalized spacial score (nSPS) is 23.2. The Morgan fingerprint density at radius 1 is 1.33 bits per heavy atom. The number of halogens is 3. The average Bonchev–Trinajstić information content (AvgIpc) is 2.56. The number of hydrogen-bond acceptors (Lipinski definition) is 4. The van der Waals surface area contributed by atoms with Gasteiger partial charge in [0.1, 0.15) is 9.84 Å². The Balaban J connectivity index is 0.00000220. The molecule has 2 atom stereocenters. The van der Waals surface area contributed by atoms with Crippen molar-refractivity contribution in [3.63, 3.8) is 0 Å². The van der Waals surface area contributed by atoms with Crippen LogP contribution in [0.1, 0.15) is 11.7 Å². The van der Waals surface area contributed by atoms with E-state index < -0.39 is 9.84 Å². The fraction of sp³-hybridized carbons (Fsp3) is 0.538. The van der Waals surface area contributed by atoms with E-state index in [0.717, 1.165) is 5.56 Å². The van der Waals surface area contributed by atoms with Crippen molar-refractivity contribution in [2.24, 2.45) is 5.92 Å². The molecule has 0 spiro atoms. The Kier molecular flexibility index (Phi) is 7.24. The van der Waals surface area contributed by atoms with E-state index in [2.05, 4.69) is 5.32 Å². The first-order chi connectivity index (χ1) is 9.37. The van der Waals surface area contributed by atoms with Crippen LogP contribution >= 0.6 is 35.6 Å². The monoisotopic (exact) mass is 373 g/mol. The molecule has 4 nitrogen and oxygen atoms in total. The number of sulfone groups is 1. The van der Waals surface area contributed by atoms with Gasteiger partial charge in [-0.3, -0.25) is 0 Å². The Morgan fingerprint density at radius 2 is 2.05 bits per heavy atom. The zero-order valence-electron chi connectivity index (χ0n) is 11.5. The molecule has 1 fully saturated rings. The highest BCUT2D eigenvalue weighted by Gasteiger charge is 2.29. The molecular weight excluding hydrogens is 357 g/mol. The molecular formula is C13H18Cl3NO3S. The Labute approximate surface area is 141 Å². The molecule has 0 bridgehead atoms. The zero-order valence-corrected chi connectivity index (χ0v) is 14.7. The first-order valence-corrected chi connectivity index (χ1v) is 9.13. The quantitative estimate of drug-likeness (QED) is 0.884. The highest BCUT2D eigenvalue weighted by atomic mass is 35.5. The molecule has 8 heteroatoms. The molecule has 1 aliphatic rings. The van der Waals surface area contributed by atoms with Crippen molar-refractivity contribution in [2.45, 2.75) is 6.10 Å². The van der Waals surface area contributed by atoms with E-state index in [9.17, 15) is 8.42 Å². The molecule has 1 heterocycles. The fourth-order valence-corrected chi connectivity index (χ4v) is 3.76. The number of nitrogens with one attached hydrogen (secondary N) is 1. The number of hydrogen-bond donors (Lipinski definition) is 1. The number of rotatable bonds is 3. The summed E-state index contributed by atoms with van der Waals surface area (Å²) in [6.45, 7) is 1.83. The van der Waals surface area contributed by atoms with Crippen molar-refractivity contribution < 1.29 is 13.2 Å². The molecule has 1 aliphatic heterocycles. The van der Waals surface area contributed by atoms with Crippen LogP contribution in [0.2, 0.25) is 10.0 Å². The SMILES string of the molecule is CS(=O)(=O)CC1CNCCOC1c1ccc(Cl)c(Cl)c1.Cl. The maximum Gasteiger partial charge on any atom is 0.147 e. The number of benzene rings is 1. The molecule has 0 aliphatic carbocycles. The summed E-state index contributed by atoms with van der Waals surface area (Å²) in [5.41, 5.74) is 0.858. The van der Waals surface area contributed by atoms with Gasteiger partial charge in [0.2, 0.25) is 0 Å². The van der Waals surface area contributed by atoms with Crippen LogP contribution < -0.4 is 5.32 Å². The van der Waals surface area contributed by atoms with Crippen molar-refractivity contribution >= 4 is 45.4 Å². The predicted octanol–water partition coefficient (Wildman–Crippen LogP) is 2.74. The smallest absolute Gasteiger partial charge is 0.147 e. The molecule has 0 amide bonds. The van der Waals surface area contributed by atoms with E-state index in [1.54, 1.807) is 12.1 Å². The van der Waals surface area contributed by atoms with Crippen molar-refractivity contribution in [3.8, 4) is 0 Å². The van der Waals surface area contributed by atoms with E-state index >= 15 is 0 Å². The largest absolute Gasteiger partial charge is 0.372 e. The molecule has 0 radical (unpaired) electrons. The van der Waals surface area contributed by atoms with E-state index in [1.807, 2.05) is 6.07 Å². The van der Waals surface area contributed by atoms with Gasteiger partial charge in [-0.15, -0.1) is 12.4 Å². The van der Waals surface area contributed by atoms with E-state index in [-0.39, 0.29) is 30.2 Å². The molecule has 1 aromatic rings. The van der Waals surface area contributed by atoms with Gasteiger partial charge in [0, 0.05) is 25.3 Å². The van der Waals surface area contributed by atoms with E-state index in [4.69, 9.17) is 27.9 Å². The van der Waals surface area contributed by atoms with Gasteiger partial charge in [0.05, 0.1) is 28.5 Å². The van der Waals surface area contributed by atoms with Crippen LogP contribution in [0.25, 0.3) is 0 Å². The van der Waals surface area contributed by atoms with Gasteiger partial charge >= 0.3 is 0 Å². The van der Waals surface area contributed by atoms with E-state index in [1.165, 1.54) is 6.26 Å². The third-order valence-electron chi connectivity index (χ3n) is 3.20. The minimum atomic E-state index is -3.08. The lowest BCUT2D eigenvalue weighted by Crippen LogP contribution is -2.30. The standard InChI is InChI=1S/C13H17Cl2NO3S.ClH/c1-20(17,18)8-10-7-16-4-5-19-13(10)9-2-3-11(14)12(15)6-9;/h2-3,6,10,13,16H,4-5,7-8H2,1H3;1H. The molecule has 0 saturated carbocycles. The summed E-state index contributed by atoms with van der Waals surface area (Å²) in [5, 5.41) is 4.12. The molecule has 21 heavy (non-hydrogen) atoms. The van der Waals surface area contributed by atoms with Crippen molar-refractivity contribution in [1.29, 1.82) is 0 Å². The summed E-state index contributed by atoms with van der Waals surface area (Å²) in [6.07, 6.45) is 0.943. The second-order valence-electron chi connectivity index (χ2n) is 5.02. The molecule has 1 N–H and O–H groups in total. The summed E-state index contributed by atoms with van der Waals surface area (Å²) in [5.74, 6) is -0.0741. The summed E-state index contributed by atoms with van der Waals surface area (Å²) in [4.78, 5) is 0. The van der Waals surface area contributed by atoms with Crippen molar-refractivity contribution in [1.82, 2.24) is 5.32 Å². The highest BCUT2D eigenvalue weighted by Crippen LogP contribution is 2.32. The van der Waals surface area contributed by atoms with Crippen molar-refractivity contribution in [3.05, 3.63) is 33.8 Å². The third-order valence-corrected chi connectivity index (χ3v) is 4.97. The predicted molar refractivity (Wildman–Crippen MR) is 88.5 cm³/mol. The third kappa shape index (κ3) is 5.58. The van der Waals surface area contributed by atoms with Crippen LogP contribution in [0.15, 0.2) is 18.2 Å². The number of ether oxygens (including phenoxy) is 1. The lowest BCUT2D eigenvalue weighted by atomic mass is 9.97. The fourth-order valence-electron chi connectivity index (χ4n) is 2.38. The highest BCUT2D eigenvalue weighted by molar-refractivity contribution is 7.90. The first kappa shape index (κ1) is 19.0. The maximum atomic E-state index is 11.6. The van der Waals surface area contributed by atoms with Gasteiger partial charge in [0.15, 0.2) is 0 Å². The van der Waals surface area contributed by atoms with Gasteiger partial charge in [-0.25, -0.2) is 8.42 Å². The minimum Gasteiger partial charge on any atom is -0.372 e. The van der Waals surface area contributed by atoms with Crippen molar-refractivity contribution in [2.75, 3.05) is 31.7 Å². The molecule has 2 rings (SSSR count). The molecule has 0 aromatic heterocycles. The first-order valence-electron chi connectivity index (χ1n) is 6.32. The minimum absolute atomic E-state index is 0. The topological polar surface area (TPSA) is 55.4 Å². The average molecular weight is 375 g/mol. The van der Waals surface area contributed by atoms with Crippen LogP contribution in [0.3, 0.4) is 0 Å². The Hall–Kier alpha value is -0.0400. The Bertz CT molecular complexity index is 580. The lowest BCUT2D eigenvalue weighted by molar-refractivity contribution is 0.0369. The second-order valence-corrected chi connectivity index (χ2v) is 8.02. The summed E-state index contributed by atoms with van der Waals surface area (Å²) >= 11 is 11.9.